The minimum Gasteiger partial charge on any atom is -0.331 e. The van der Waals surface area contributed by atoms with Crippen molar-refractivity contribution in [1.82, 2.24) is 14.5 Å². The second-order valence-corrected chi connectivity index (χ2v) is 7.73. The zero-order valence-corrected chi connectivity index (χ0v) is 17.9. The number of amides is 1. The van der Waals surface area contributed by atoms with E-state index >= 15 is 0 Å². The van der Waals surface area contributed by atoms with Crippen LogP contribution in [-0.2, 0) is 6.54 Å². The highest BCUT2D eigenvalue weighted by molar-refractivity contribution is 5.94. The molecule has 1 aromatic heterocycles. The molecule has 0 spiro atoms. The molecule has 0 bridgehead atoms. The van der Waals surface area contributed by atoms with Crippen LogP contribution in [0.4, 0.5) is 4.39 Å². The molecule has 158 valence electrons. The molecule has 0 fully saturated rings. The number of para-hydroxylation sites is 3. The fourth-order valence-corrected chi connectivity index (χ4v) is 3.73. The van der Waals surface area contributed by atoms with E-state index in [9.17, 15) is 9.18 Å². The van der Waals surface area contributed by atoms with E-state index in [1.807, 2.05) is 54.6 Å². The third kappa shape index (κ3) is 4.36. The quantitative estimate of drug-likeness (QED) is 0.376. The molecule has 0 N–H and O–H groups in total. The highest BCUT2D eigenvalue weighted by atomic mass is 19.1. The lowest BCUT2D eigenvalue weighted by molar-refractivity contribution is 0.0735. The summed E-state index contributed by atoms with van der Waals surface area (Å²) in [6, 6.07) is 22.7. The number of hydrogen-bond donors (Lipinski definition) is 0. The van der Waals surface area contributed by atoms with Gasteiger partial charge >= 0.3 is 0 Å². The Morgan fingerprint density at radius 3 is 2.52 bits per heavy atom. The van der Waals surface area contributed by atoms with Crippen LogP contribution in [0.3, 0.4) is 0 Å². The summed E-state index contributed by atoms with van der Waals surface area (Å²) in [6.45, 7) is 4.72. The van der Waals surface area contributed by atoms with Crippen molar-refractivity contribution in [1.29, 1.82) is 0 Å². The molecular formula is C26H26FN3O. The maximum absolute atomic E-state index is 14.1. The standard InChI is InChI=1S/C26H26FN3O/c1-3-4-16-29(26(31)20-15-14-19(2)22(27)17-20)18-25-28-23-12-8-9-13-24(23)30(25)21-10-6-5-7-11-21/h5-15,17H,3-4,16,18H2,1-2H3. The van der Waals surface area contributed by atoms with Gasteiger partial charge in [0.25, 0.3) is 5.91 Å². The molecule has 5 heteroatoms. The maximum atomic E-state index is 14.1. The summed E-state index contributed by atoms with van der Waals surface area (Å²) in [5.41, 5.74) is 3.76. The van der Waals surface area contributed by atoms with Gasteiger partial charge in [-0.15, -0.1) is 0 Å². The van der Waals surface area contributed by atoms with Gasteiger partial charge in [0, 0.05) is 17.8 Å². The lowest BCUT2D eigenvalue weighted by Gasteiger charge is -2.23. The van der Waals surface area contributed by atoms with Crippen LogP contribution in [0.2, 0.25) is 0 Å². The molecule has 0 aliphatic heterocycles. The van der Waals surface area contributed by atoms with E-state index in [2.05, 4.69) is 11.5 Å². The van der Waals surface area contributed by atoms with E-state index in [0.717, 1.165) is 35.4 Å². The van der Waals surface area contributed by atoms with Gasteiger partial charge in [-0.2, -0.15) is 0 Å². The Hall–Kier alpha value is -3.47. The molecule has 0 atom stereocenters. The van der Waals surface area contributed by atoms with Gasteiger partial charge in [0.1, 0.15) is 11.6 Å². The number of halogens is 1. The van der Waals surface area contributed by atoms with E-state index < -0.39 is 0 Å². The van der Waals surface area contributed by atoms with Gasteiger partial charge in [-0.3, -0.25) is 9.36 Å². The highest BCUT2D eigenvalue weighted by Crippen LogP contribution is 2.23. The van der Waals surface area contributed by atoms with Crippen molar-refractivity contribution in [3.63, 3.8) is 0 Å². The van der Waals surface area contributed by atoms with Crippen LogP contribution in [-0.4, -0.2) is 26.9 Å². The molecule has 0 aliphatic rings. The number of nitrogens with zero attached hydrogens (tertiary/aromatic N) is 3. The molecule has 31 heavy (non-hydrogen) atoms. The summed E-state index contributed by atoms with van der Waals surface area (Å²) in [6.07, 6.45) is 1.83. The second-order valence-electron chi connectivity index (χ2n) is 7.73. The Labute approximate surface area is 182 Å². The molecule has 1 heterocycles. The van der Waals surface area contributed by atoms with Crippen molar-refractivity contribution in [2.75, 3.05) is 6.54 Å². The van der Waals surface area contributed by atoms with Crippen LogP contribution in [0.15, 0.2) is 72.8 Å². The number of fused-ring (bicyclic) bond motifs is 1. The molecule has 0 aliphatic carbocycles. The molecule has 0 saturated carbocycles. The van der Waals surface area contributed by atoms with Gasteiger partial charge in [0.2, 0.25) is 0 Å². The van der Waals surface area contributed by atoms with Gasteiger partial charge < -0.3 is 4.90 Å². The number of unbranched alkanes of at least 4 members (excludes halogenated alkanes) is 1. The van der Waals surface area contributed by atoms with Crippen LogP contribution in [0.1, 0.15) is 41.5 Å². The summed E-state index contributed by atoms with van der Waals surface area (Å²) in [7, 11) is 0. The minimum absolute atomic E-state index is 0.181. The van der Waals surface area contributed by atoms with Crippen LogP contribution in [0.25, 0.3) is 16.7 Å². The average Bonchev–Trinajstić information content (AvgIpc) is 3.16. The fourth-order valence-electron chi connectivity index (χ4n) is 3.73. The number of aryl methyl sites for hydroxylation is 1. The van der Waals surface area contributed by atoms with Crippen molar-refractivity contribution in [3.05, 3.63) is 95.6 Å². The van der Waals surface area contributed by atoms with E-state index in [-0.39, 0.29) is 11.7 Å². The van der Waals surface area contributed by atoms with E-state index in [4.69, 9.17) is 4.98 Å². The summed E-state index contributed by atoms with van der Waals surface area (Å²) < 4.78 is 16.2. The number of carbonyl (C=O) groups is 1. The van der Waals surface area contributed by atoms with Crippen LogP contribution in [0, 0.1) is 12.7 Å². The molecular weight excluding hydrogens is 389 g/mol. The van der Waals surface area contributed by atoms with Crippen molar-refractivity contribution >= 4 is 16.9 Å². The van der Waals surface area contributed by atoms with E-state index in [1.54, 1.807) is 24.0 Å². The lowest BCUT2D eigenvalue weighted by atomic mass is 10.1. The van der Waals surface area contributed by atoms with Crippen LogP contribution in [0.5, 0.6) is 0 Å². The molecule has 4 rings (SSSR count). The summed E-state index contributed by atoms with van der Waals surface area (Å²) >= 11 is 0. The summed E-state index contributed by atoms with van der Waals surface area (Å²) in [5.74, 6) is 0.237. The van der Waals surface area contributed by atoms with Crippen molar-refractivity contribution in [2.24, 2.45) is 0 Å². The molecule has 0 saturated heterocycles. The number of rotatable bonds is 7. The molecule has 0 unspecified atom stereocenters. The molecule has 0 radical (unpaired) electrons. The van der Waals surface area contributed by atoms with Gasteiger partial charge in [-0.25, -0.2) is 9.37 Å². The maximum Gasteiger partial charge on any atom is 0.254 e. The normalized spacial score (nSPS) is 11.1. The number of hydrogen-bond acceptors (Lipinski definition) is 2. The highest BCUT2D eigenvalue weighted by Gasteiger charge is 2.21. The first kappa shape index (κ1) is 20.8. The van der Waals surface area contributed by atoms with E-state index in [1.165, 1.54) is 6.07 Å². The minimum atomic E-state index is -0.363. The lowest BCUT2D eigenvalue weighted by Crippen LogP contribution is -2.32. The van der Waals surface area contributed by atoms with Crippen molar-refractivity contribution in [2.45, 2.75) is 33.2 Å². The van der Waals surface area contributed by atoms with E-state index in [0.29, 0.717) is 24.2 Å². The topological polar surface area (TPSA) is 38.1 Å². The smallest absolute Gasteiger partial charge is 0.254 e. The fraction of sp³-hybridized carbons (Fsp3) is 0.231. The van der Waals surface area contributed by atoms with Gasteiger partial charge in [0.05, 0.1) is 17.6 Å². The number of carbonyl (C=O) groups excluding carboxylic acids is 1. The van der Waals surface area contributed by atoms with Crippen LogP contribution >= 0.6 is 0 Å². The average molecular weight is 416 g/mol. The predicted molar refractivity (Wildman–Crippen MR) is 122 cm³/mol. The van der Waals surface area contributed by atoms with Crippen molar-refractivity contribution < 1.29 is 9.18 Å². The number of aromatic nitrogens is 2. The summed E-state index contributed by atoms with van der Waals surface area (Å²) in [4.78, 5) is 19.9. The number of imidazole rings is 1. The van der Waals surface area contributed by atoms with Crippen LogP contribution < -0.4 is 0 Å². The largest absolute Gasteiger partial charge is 0.331 e. The summed E-state index contributed by atoms with van der Waals surface area (Å²) in [5, 5.41) is 0. The second kappa shape index (κ2) is 9.13. The first-order valence-corrected chi connectivity index (χ1v) is 10.7. The third-order valence-electron chi connectivity index (χ3n) is 5.46. The molecule has 1 amide bonds. The Balaban J connectivity index is 1.75. The molecule has 4 aromatic rings. The Morgan fingerprint density at radius 1 is 1.03 bits per heavy atom. The van der Waals surface area contributed by atoms with Crippen molar-refractivity contribution in [3.8, 4) is 5.69 Å². The van der Waals surface area contributed by atoms with Gasteiger partial charge in [-0.05, 0) is 55.3 Å². The third-order valence-corrected chi connectivity index (χ3v) is 5.46. The molecule has 4 nitrogen and oxygen atoms in total. The Bertz CT molecular complexity index is 1200. The SMILES string of the molecule is CCCCN(Cc1nc2ccccc2n1-c1ccccc1)C(=O)c1ccc(C)c(F)c1. The zero-order chi connectivity index (χ0) is 21.8. The first-order chi connectivity index (χ1) is 15.1. The van der Waals surface area contributed by atoms with Gasteiger partial charge in [0.15, 0.2) is 0 Å². The molecule has 3 aromatic carbocycles. The number of benzene rings is 3. The zero-order valence-electron chi connectivity index (χ0n) is 17.9. The first-order valence-electron chi connectivity index (χ1n) is 10.7. The van der Waals surface area contributed by atoms with Gasteiger partial charge in [-0.1, -0.05) is 49.7 Å². The Kier molecular flexibility index (Phi) is 6.12. The Morgan fingerprint density at radius 2 is 1.77 bits per heavy atom. The monoisotopic (exact) mass is 415 g/mol. The predicted octanol–water partition coefficient (Wildman–Crippen LogP) is 5.92.